The van der Waals surface area contributed by atoms with Crippen molar-refractivity contribution in [3.63, 3.8) is 0 Å². The first-order valence-corrected chi connectivity index (χ1v) is 10.8. The van der Waals surface area contributed by atoms with Crippen molar-refractivity contribution in [2.75, 3.05) is 11.9 Å². The Labute approximate surface area is 188 Å². The van der Waals surface area contributed by atoms with Crippen molar-refractivity contribution in [2.45, 2.75) is 13.8 Å². The summed E-state index contributed by atoms with van der Waals surface area (Å²) in [6, 6.07) is 15.6. The molecule has 3 heterocycles. The molecule has 0 aliphatic rings. The van der Waals surface area contributed by atoms with Crippen molar-refractivity contribution >= 4 is 28.2 Å². The predicted octanol–water partition coefficient (Wildman–Crippen LogP) is 5.93. The number of benzene rings is 1. The van der Waals surface area contributed by atoms with Gasteiger partial charge in [-0.15, -0.1) is 11.3 Å². The average Bonchev–Trinajstić information content (AvgIpc) is 3.41. The first-order chi connectivity index (χ1) is 15.5. The second-order valence-electron chi connectivity index (χ2n) is 6.74. The van der Waals surface area contributed by atoms with Gasteiger partial charge in [-0.05, 0) is 50.2 Å². The van der Waals surface area contributed by atoms with Gasteiger partial charge in [0.2, 0.25) is 5.88 Å². The van der Waals surface area contributed by atoms with Crippen molar-refractivity contribution in [3.05, 3.63) is 83.1 Å². The molecule has 0 unspecified atom stereocenters. The Hall–Kier alpha value is -3.91. The fraction of sp³-hybridized carbons (Fsp3) is 0.125. The number of thiophene rings is 1. The van der Waals surface area contributed by atoms with E-state index in [2.05, 4.69) is 10.3 Å². The summed E-state index contributed by atoms with van der Waals surface area (Å²) < 4.78 is 16.6. The molecule has 4 aromatic rings. The number of aryl methyl sites for hydroxylation is 1. The molecule has 1 amide bonds. The number of furan rings is 1. The number of pyridine rings is 1. The maximum absolute atomic E-state index is 13.0. The molecular weight excluding hydrogens is 428 g/mol. The second kappa shape index (κ2) is 9.49. The molecule has 1 N–H and O–H groups in total. The van der Waals surface area contributed by atoms with Crippen molar-refractivity contribution < 1.29 is 23.5 Å². The number of amides is 1. The maximum Gasteiger partial charge on any atom is 0.341 e. The molecule has 0 spiro atoms. The van der Waals surface area contributed by atoms with Crippen LogP contribution in [0.5, 0.6) is 11.6 Å². The topological polar surface area (TPSA) is 90.7 Å². The minimum atomic E-state index is -0.527. The molecule has 0 aliphatic heterocycles. The molecule has 8 heteroatoms. The van der Waals surface area contributed by atoms with Gasteiger partial charge in [0.05, 0.1) is 6.61 Å². The van der Waals surface area contributed by atoms with Gasteiger partial charge in [0.25, 0.3) is 5.91 Å². The molecule has 0 fully saturated rings. The Morgan fingerprint density at radius 1 is 1.12 bits per heavy atom. The largest absolute Gasteiger partial charge is 0.462 e. The molecule has 32 heavy (non-hydrogen) atoms. The number of esters is 1. The number of rotatable bonds is 7. The van der Waals surface area contributed by atoms with E-state index in [-0.39, 0.29) is 18.1 Å². The van der Waals surface area contributed by atoms with Crippen LogP contribution in [0.2, 0.25) is 0 Å². The third-order valence-corrected chi connectivity index (χ3v) is 5.36. The SMILES string of the molecule is CCOC(=O)c1c(-c2ccc(C)o2)csc1NC(=O)c1cccc(Oc2ccccn2)c1. The lowest BCUT2D eigenvalue weighted by molar-refractivity contribution is 0.0528. The van der Waals surface area contributed by atoms with Gasteiger partial charge in [-0.25, -0.2) is 9.78 Å². The van der Waals surface area contributed by atoms with E-state index in [0.29, 0.717) is 33.5 Å². The monoisotopic (exact) mass is 448 g/mol. The van der Waals surface area contributed by atoms with Crippen LogP contribution in [0.3, 0.4) is 0 Å². The molecule has 0 radical (unpaired) electrons. The predicted molar refractivity (Wildman–Crippen MR) is 121 cm³/mol. The molecule has 0 aliphatic carbocycles. The highest BCUT2D eigenvalue weighted by Gasteiger charge is 2.24. The normalized spacial score (nSPS) is 10.6. The molecule has 0 bridgehead atoms. The number of hydrogen-bond donors (Lipinski definition) is 1. The zero-order valence-corrected chi connectivity index (χ0v) is 18.3. The van der Waals surface area contributed by atoms with Gasteiger partial charge >= 0.3 is 5.97 Å². The van der Waals surface area contributed by atoms with Gasteiger partial charge in [0.1, 0.15) is 27.8 Å². The summed E-state index contributed by atoms with van der Waals surface area (Å²) in [6.07, 6.45) is 1.62. The average molecular weight is 449 g/mol. The Morgan fingerprint density at radius 2 is 2.00 bits per heavy atom. The maximum atomic E-state index is 13.0. The summed E-state index contributed by atoms with van der Waals surface area (Å²) >= 11 is 1.23. The second-order valence-corrected chi connectivity index (χ2v) is 7.62. The molecule has 0 atom stereocenters. The molecule has 0 saturated heterocycles. The molecule has 1 aromatic carbocycles. The van der Waals surface area contributed by atoms with E-state index in [9.17, 15) is 9.59 Å². The molecule has 4 rings (SSSR count). The van der Waals surface area contributed by atoms with E-state index in [1.807, 2.05) is 19.1 Å². The van der Waals surface area contributed by atoms with E-state index in [4.69, 9.17) is 13.9 Å². The number of aromatic nitrogens is 1. The number of ether oxygens (including phenoxy) is 2. The number of nitrogens with zero attached hydrogens (tertiary/aromatic N) is 1. The first kappa shape index (κ1) is 21.3. The summed E-state index contributed by atoms with van der Waals surface area (Å²) in [4.78, 5) is 29.7. The highest BCUT2D eigenvalue weighted by Crippen LogP contribution is 2.37. The number of nitrogens with one attached hydrogen (secondary N) is 1. The van der Waals surface area contributed by atoms with Gasteiger partial charge in [0.15, 0.2) is 0 Å². The van der Waals surface area contributed by atoms with Crippen LogP contribution in [0.1, 0.15) is 33.4 Å². The zero-order valence-electron chi connectivity index (χ0n) is 17.5. The highest BCUT2D eigenvalue weighted by molar-refractivity contribution is 7.15. The van der Waals surface area contributed by atoms with Crippen LogP contribution in [0, 0.1) is 6.92 Å². The zero-order chi connectivity index (χ0) is 22.5. The minimum absolute atomic E-state index is 0.214. The van der Waals surface area contributed by atoms with Crippen LogP contribution in [0.4, 0.5) is 5.00 Å². The van der Waals surface area contributed by atoms with Gasteiger partial charge in [-0.2, -0.15) is 0 Å². The van der Waals surface area contributed by atoms with Crippen molar-refractivity contribution in [3.8, 4) is 23.0 Å². The molecule has 3 aromatic heterocycles. The Balaban J connectivity index is 1.60. The fourth-order valence-corrected chi connectivity index (χ4v) is 3.95. The third kappa shape index (κ3) is 4.70. The van der Waals surface area contributed by atoms with Crippen LogP contribution in [-0.4, -0.2) is 23.5 Å². The van der Waals surface area contributed by atoms with Crippen LogP contribution >= 0.6 is 11.3 Å². The summed E-state index contributed by atoms with van der Waals surface area (Å²) in [5.41, 5.74) is 1.21. The van der Waals surface area contributed by atoms with Gasteiger partial charge < -0.3 is 19.2 Å². The number of hydrogen-bond acceptors (Lipinski definition) is 7. The minimum Gasteiger partial charge on any atom is -0.462 e. The Morgan fingerprint density at radius 3 is 2.72 bits per heavy atom. The highest BCUT2D eigenvalue weighted by atomic mass is 32.1. The lowest BCUT2D eigenvalue weighted by atomic mass is 10.1. The Kier molecular flexibility index (Phi) is 6.32. The van der Waals surface area contributed by atoms with E-state index >= 15 is 0 Å². The van der Waals surface area contributed by atoms with Crippen LogP contribution in [-0.2, 0) is 4.74 Å². The van der Waals surface area contributed by atoms with E-state index in [0.717, 1.165) is 5.76 Å². The van der Waals surface area contributed by atoms with E-state index in [1.165, 1.54) is 11.3 Å². The number of anilines is 1. The summed E-state index contributed by atoms with van der Waals surface area (Å²) in [5, 5.41) is 4.97. The van der Waals surface area contributed by atoms with E-state index < -0.39 is 5.97 Å². The fourth-order valence-electron chi connectivity index (χ4n) is 3.02. The molecular formula is C24H20N2O5S. The number of carbonyl (C=O) groups excluding carboxylic acids is 2. The van der Waals surface area contributed by atoms with Crippen LogP contribution < -0.4 is 10.1 Å². The Bertz CT molecular complexity index is 1250. The van der Waals surface area contributed by atoms with Gasteiger partial charge in [-0.3, -0.25) is 4.79 Å². The van der Waals surface area contributed by atoms with Crippen LogP contribution in [0.25, 0.3) is 11.3 Å². The summed E-state index contributed by atoms with van der Waals surface area (Å²) in [7, 11) is 0. The first-order valence-electron chi connectivity index (χ1n) is 9.91. The smallest absolute Gasteiger partial charge is 0.341 e. The van der Waals surface area contributed by atoms with Crippen molar-refractivity contribution in [1.82, 2.24) is 4.98 Å². The standard InChI is InChI=1S/C24H20N2O5S/c1-3-29-24(28)21-18(19-11-10-15(2)30-19)14-32-23(21)26-22(27)16-7-6-8-17(13-16)31-20-9-4-5-12-25-20/h4-14H,3H2,1-2H3,(H,26,27). The molecule has 7 nitrogen and oxygen atoms in total. The number of carbonyl (C=O) groups is 2. The van der Waals surface area contributed by atoms with Crippen LogP contribution in [0.15, 0.2) is 70.6 Å². The lowest BCUT2D eigenvalue weighted by Crippen LogP contribution is -2.14. The van der Waals surface area contributed by atoms with Crippen molar-refractivity contribution in [1.29, 1.82) is 0 Å². The lowest BCUT2D eigenvalue weighted by Gasteiger charge is -2.09. The molecule has 0 saturated carbocycles. The van der Waals surface area contributed by atoms with Gasteiger partial charge in [-0.1, -0.05) is 12.1 Å². The quantitative estimate of drug-likeness (QED) is 0.352. The molecule has 162 valence electrons. The van der Waals surface area contributed by atoms with Crippen molar-refractivity contribution in [2.24, 2.45) is 0 Å². The summed E-state index contributed by atoms with van der Waals surface area (Å²) in [6.45, 7) is 3.76. The summed E-state index contributed by atoms with van der Waals surface area (Å²) in [5.74, 6) is 1.24. The third-order valence-electron chi connectivity index (χ3n) is 4.46. The van der Waals surface area contributed by atoms with Gasteiger partial charge in [0, 0.05) is 28.8 Å². The van der Waals surface area contributed by atoms with E-state index in [1.54, 1.807) is 61.0 Å².